The van der Waals surface area contributed by atoms with E-state index in [1.165, 1.54) is 36.4 Å². The first-order chi connectivity index (χ1) is 24.6. The molecule has 0 atom stereocenters. The third-order valence-electron chi connectivity index (χ3n) is 7.06. The molecule has 0 aliphatic heterocycles. The first kappa shape index (κ1) is 34.9. The fraction of sp³-hybridized carbons (Fsp3) is 0.0667. The predicted octanol–water partition coefficient (Wildman–Crippen LogP) is 4.61. The molecule has 1 aromatic carbocycles. The summed E-state index contributed by atoms with van der Waals surface area (Å²) >= 11 is 0. The first-order valence-electron chi connectivity index (χ1n) is 13.0. The van der Waals surface area contributed by atoms with Gasteiger partial charge in [-0.05, 0) is 0 Å². The molecule has 0 saturated heterocycles. The van der Waals surface area contributed by atoms with Crippen molar-refractivity contribution in [1.29, 1.82) is 42.1 Å². The summed E-state index contributed by atoms with van der Waals surface area (Å²) < 4.78 is 111. The minimum atomic E-state index is -5.45. The van der Waals surface area contributed by atoms with Gasteiger partial charge < -0.3 is 0 Å². The van der Waals surface area contributed by atoms with Gasteiger partial charge in [-0.1, -0.05) is 0 Å². The van der Waals surface area contributed by atoms with Gasteiger partial charge in [-0.25, -0.2) is 9.97 Å². The van der Waals surface area contributed by atoms with Crippen LogP contribution in [0, 0.1) is 103 Å². The third-order valence-corrected chi connectivity index (χ3v) is 7.06. The third kappa shape index (κ3) is 5.12. The Labute approximate surface area is 281 Å². The average Bonchev–Trinajstić information content (AvgIpc) is 3.61. The van der Waals surface area contributed by atoms with E-state index in [0.29, 0.717) is 0 Å². The van der Waals surface area contributed by atoms with E-state index in [1.54, 1.807) is 12.1 Å². The number of rotatable bonds is 2. The van der Waals surface area contributed by atoms with Gasteiger partial charge >= 0.3 is 24.5 Å². The Kier molecular flexibility index (Phi) is 8.20. The van der Waals surface area contributed by atoms with E-state index >= 15 is 0 Å². The highest BCUT2D eigenvalue weighted by atomic mass is 19.4. The summed E-state index contributed by atoms with van der Waals surface area (Å²) in [7, 11) is 0. The molecule has 246 valence electrons. The molecule has 5 rings (SSSR count). The second kappa shape index (κ2) is 12.2. The first-order valence-corrected chi connectivity index (χ1v) is 13.0. The maximum Gasteiger partial charge on any atom is 0.451 e. The molecule has 3 aromatic rings. The van der Waals surface area contributed by atoms with Crippen LogP contribution < -0.4 is 0 Å². The van der Waals surface area contributed by atoms with Crippen molar-refractivity contribution in [3.8, 4) is 48.6 Å². The number of aromatic nitrogens is 6. The number of halogens is 8. The van der Waals surface area contributed by atoms with Crippen LogP contribution in [-0.4, -0.2) is 29.9 Å². The van der Waals surface area contributed by atoms with Crippen LogP contribution in [0.25, 0.3) is 33.4 Å². The Morgan fingerprint density at radius 2 is 0.769 bits per heavy atom. The van der Waals surface area contributed by atoms with E-state index in [2.05, 4.69) is 29.9 Å². The van der Waals surface area contributed by atoms with Crippen molar-refractivity contribution in [3.05, 3.63) is 80.0 Å². The number of allylic oxidation sites excluding steroid dienone is 8. The highest BCUT2D eigenvalue weighted by Gasteiger charge is 2.46. The van der Waals surface area contributed by atoms with E-state index in [9.17, 15) is 77.2 Å². The number of hydrogen-bond acceptors (Lipinski definition) is 14. The fourth-order valence-electron chi connectivity index (χ4n) is 5.35. The smallest absolute Gasteiger partial charge is 0.204 e. The van der Waals surface area contributed by atoms with Crippen molar-refractivity contribution in [1.82, 2.24) is 29.9 Å². The number of nitrogens with zero attached hydrogens (tertiary/aromatic N) is 14. The van der Waals surface area contributed by atoms with Gasteiger partial charge in [-0.2, -0.15) is 97.2 Å². The molecule has 22 heteroatoms. The van der Waals surface area contributed by atoms with Crippen molar-refractivity contribution in [2.24, 2.45) is 0 Å². The lowest BCUT2D eigenvalue weighted by Crippen LogP contribution is -2.15. The molecule has 2 aliphatic rings. The van der Waals surface area contributed by atoms with Crippen LogP contribution in [0.2, 0.25) is 0 Å². The van der Waals surface area contributed by atoms with E-state index in [1.807, 2.05) is 0 Å². The van der Waals surface area contributed by atoms with Gasteiger partial charge in [0.05, 0.1) is 22.3 Å². The standard InChI is InChI=1S/C30F8N14/c31-27-49-23(47-25(51-27)29(33,34)35)21-13(7-45)17-12(6-44)20-16(10(3-41)4-42)22(24-48-26(30(36,37)38)52-28(32)50-24)14(8-46)18(20)11(5-43)19(17)15(21)9(1-39)2-40. The SMILES string of the molecule is N#CC(C#N)=C1C(c2nc(F)nc(C(F)(F)F)n2)=C(C#N)c2c(C#N)c3c(c(C#N)c21)C(C#N)=C(c1nc(F)nc(C(F)(F)F)n1)C3=C(C#N)C#N. The number of fused-ring (bicyclic) bond motifs is 2. The highest BCUT2D eigenvalue weighted by molar-refractivity contribution is 6.31. The molecule has 0 bridgehead atoms. The zero-order valence-electron chi connectivity index (χ0n) is 24.3. The van der Waals surface area contributed by atoms with Gasteiger partial charge in [0.25, 0.3) is 0 Å². The molecule has 2 aliphatic carbocycles. The molecule has 14 nitrogen and oxygen atoms in total. The van der Waals surface area contributed by atoms with E-state index < -0.39 is 126 Å². The number of hydrogen-bond donors (Lipinski definition) is 0. The van der Waals surface area contributed by atoms with Crippen LogP contribution in [0.4, 0.5) is 35.1 Å². The number of benzene rings is 1. The van der Waals surface area contributed by atoms with Gasteiger partial charge in [0.1, 0.15) is 59.7 Å². The van der Waals surface area contributed by atoms with Crippen molar-refractivity contribution >= 4 is 33.4 Å². The Balaban J connectivity index is 2.10. The van der Waals surface area contributed by atoms with Crippen molar-refractivity contribution in [2.75, 3.05) is 0 Å². The molecular formula is C30F8N14. The van der Waals surface area contributed by atoms with E-state index in [-0.39, 0.29) is 0 Å². The summed E-state index contributed by atoms with van der Waals surface area (Å²) in [5, 5.41) is 81.1. The molecule has 0 fully saturated rings. The van der Waals surface area contributed by atoms with Gasteiger partial charge in [0.2, 0.25) is 11.6 Å². The second-order valence-corrected chi connectivity index (χ2v) is 9.64. The lowest BCUT2D eigenvalue weighted by atomic mass is 9.83. The van der Waals surface area contributed by atoms with Crippen LogP contribution in [0.15, 0.2) is 11.1 Å². The topological polar surface area (TPSA) is 268 Å². The Morgan fingerprint density at radius 1 is 0.442 bits per heavy atom. The molecule has 0 saturated carbocycles. The van der Waals surface area contributed by atoms with Crippen LogP contribution in [0.1, 0.15) is 56.7 Å². The lowest BCUT2D eigenvalue weighted by molar-refractivity contribution is -0.146. The van der Waals surface area contributed by atoms with Crippen LogP contribution in [0.5, 0.6) is 0 Å². The lowest BCUT2D eigenvalue weighted by Gasteiger charge is -2.15. The normalized spacial score (nSPS) is 13.0. The zero-order chi connectivity index (χ0) is 38.4. The summed E-state index contributed by atoms with van der Waals surface area (Å²) in [6, 6.07) is 11.6. The minimum absolute atomic E-state index is 0.807. The summed E-state index contributed by atoms with van der Waals surface area (Å²) in [5.74, 6) is -6.98. The Bertz CT molecular complexity index is 2490. The molecule has 2 aromatic heterocycles. The Morgan fingerprint density at radius 3 is 1.02 bits per heavy atom. The summed E-state index contributed by atoms with van der Waals surface area (Å²) in [5.41, 5.74) is -13.2. The molecule has 0 N–H and O–H groups in total. The summed E-state index contributed by atoms with van der Waals surface area (Å²) in [6.07, 6.45) is -15.0. The molecule has 2 heterocycles. The Hall–Kier alpha value is -8.44. The molecule has 0 radical (unpaired) electrons. The van der Waals surface area contributed by atoms with Gasteiger partial charge in [-0.15, -0.1) is 0 Å². The van der Waals surface area contributed by atoms with Gasteiger partial charge in [0, 0.05) is 44.5 Å². The van der Waals surface area contributed by atoms with E-state index in [0.717, 1.165) is 0 Å². The fourth-order valence-corrected chi connectivity index (χ4v) is 5.35. The van der Waals surface area contributed by atoms with Crippen LogP contribution in [0.3, 0.4) is 0 Å². The molecule has 0 amide bonds. The second-order valence-electron chi connectivity index (χ2n) is 9.64. The van der Waals surface area contributed by atoms with Crippen molar-refractivity contribution < 1.29 is 35.1 Å². The molecular weight excluding hydrogens is 708 g/mol. The van der Waals surface area contributed by atoms with Gasteiger partial charge in [0.15, 0.2) is 11.6 Å². The zero-order valence-corrected chi connectivity index (χ0v) is 24.3. The minimum Gasteiger partial charge on any atom is -0.204 e. The summed E-state index contributed by atoms with van der Waals surface area (Å²) in [4.78, 5) is 17.7. The van der Waals surface area contributed by atoms with Crippen LogP contribution >= 0.6 is 0 Å². The maximum atomic E-state index is 14.5. The maximum absolute atomic E-state index is 14.5. The predicted molar refractivity (Wildman–Crippen MR) is 147 cm³/mol. The van der Waals surface area contributed by atoms with Crippen molar-refractivity contribution in [3.63, 3.8) is 0 Å². The molecule has 0 unspecified atom stereocenters. The quantitative estimate of drug-likeness (QED) is 0.260. The van der Waals surface area contributed by atoms with Gasteiger partial charge in [-0.3, -0.25) is 0 Å². The van der Waals surface area contributed by atoms with E-state index in [4.69, 9.17) is 0 Å². The highest BCUT2D eigenvalue weighted by Crippen LogP contribution is 2.57. The largest absolute Gasteiger partial charge is 0.451 e. The monoisotopic (exact) mass is 708 g/mol. The average molecular weight is 708 g/mol. The number of alkyl halides is 6. The van der Waals surface area contributed by atoms with Crippen LogP contribution in [-0.2, 0) is 12.4 Å². The van der Waals surface area contributed by atoms with Crippen molar-refractivity contribution in [2.45, 2.75) is 12.4 Å². The molecule has 52 heavy (non-hydrogen) atoms. The number of nitriles is 8. The summed E-state index contributed by atoms with van der Waals surface area (Å²) in [6.45, 7) is 0. The molecule has 0 spiro atoms.